The molecule has 0 spiro atoms. The molecule has 0 atom stereocenters. The Morgan fingerprint density at radius 3 is 3.00 bits per heavy atom. The molecule has 0 radical (unpaired) electrons. The van der Waals surface area contributed by atoms with Gasteiger partial charge in [-0.25, -0.2) is 4.98 Å². The molecule has 1 aromatic heterocycles. The van der Waals surface area contributed by atoms with Gasteiger partial charge < -0.3 is 9.47 Å². The standard InChI is InChI=1S/C11H14N2O3S/c1-17-11-12-5-2-9(13-11)16-10(14)8-3-6-15-7-4-8/h2,5,8H,3-4,6-7H2,1H3. The summed E-state index contributed by atoms with van der Waals surface area (Å²) in [7, 11) is 0. The highest BCUT2D eigenvalue weighted by molar-refractivity contribution is 7.98. The van der Waals surface area contributed by atoms with Crippen LogP contribution in [0.4, 0.5) is 0 Å². The van der Waals surface area contributed by atoms with Gasteiger partial charge in [0.1, 0.15) is 0 Å². The lowest BCUT2D eigenvalue weighted by Crippen LogP contribution is -2.27. The first-order valence-electron chi connectivity index (χ1n) is 5.46. The molecule has 5 nitrogen and oxygen atoms in total. The minimum absolute atomic E-state index is 0.0727. The fourth-order valence-electron chi connectivity index (χ4n) is 1.60. The van der Waals surface area contributed by atoms with E-state index in [-0.39, 0.29) is 11.9 Å². The maximum atomic E-state index is 11.8. The molecule has 17 heavy (non-hydrogen) atoms. The van der Waals surface area contributed by atoms with Gasteiger partial charge in [-0.1, -0.05) is 11.8 Å². The van der Waals surface area contributed by atoms with E-state index in [2.05, 4.69) is 9.97 Å². The third-order valence-corrected chi connectivity index (χ3v) is 3.11. The normalized spacial score (nSPS) is 16.8. The van der Waals surface area contributed by atoms with Gasteiger partial charge in [0.05, 0.1) is 5.92 Å². The molecular weight excluding hydrogens is 240 g/mol. The van der Waals surface area contributed by atoms with Crippen LogP contribution in [-0.2, 0) is 9.53 Å². The summed E-state index contributed by atoms with van der Waals surface area (Å²) in [5, 5.41) is 0.599. The fourth-order valence-corrected chi connectivity index (χ4v) is 1.95. The lowest BCUT2D eigenvalue weighted by molar-refractivity contribution is -0.142. The SMILES string of the molecule is CSc1nccc(OC(=O)C2CCOCC2)n1. The monoisotopic (exact) mass is 254 g/mol. The highest BCUT2D eigenvalue weighted by Gasteiger charge is 2.23. The molecule has 2 heterocycles. The molecule has 0 aromatic carbocycles. The summed E-state index contributed by atoms with van der Waals surface area (Å²) < 4.78 is 10.4. The van der Waals surface area contributed by atoms with E-state index in [1.165, 1.54) is 11.8 Å². The Labute approximate surface area is 104 Å². The Morgan fingerprint density at radius 1 is 1.53 bits per heavy atom. The van der Waals surface area contributed by atoms with Crippen LogP contribution in [-0.4, -0.2) is 35.4 Å². The largest absolute Gasteiger partial charge is 0.407 e. The molecule has 0 unspecified atom stereocenters. The summed E-state index contributed by atoms with van der Waals surface area (Å²) in [6.45, 7) is 1.25. The number of thioether (sulfide) groups is 1. The van der Waals surface area contributed by atoms with E-state index >= 15 is 0 Å². The summed E-state index contributed by atoms with van der Waals surface area (Å²) in [6, 6.07) is 1.59. The van der Waals surface area contributed by atoms with Gasteiger partial charge in [0.15, 0.2) is 5.16 Å². The second-order valence-corrected chi connectivity index (χ2v) is 4.46. The van der Waals surface area contributed by atoms with Crippen LogP contribution in [0.25, 0.3) is 0 Å². The van der Waals surface area contributed by atoms with Gasteiger partial charge in [-0.3, -0.25) is 4.79 Å². The van der Waals surface area contributed by atoms with Crippen LogP contribution >= 0.6 is 11.8 Å². The van der Waals surface area contributed by atoms with E-state index in [9.17, 15) is 4.79 Å². The summed E-state index contributed by atoms with van der Waals surface area (Å²) in [6.07, 6.45) is 4.91. The number of carbonyl (C=O) groups is 1. The molecule has 1 aliphatic heterocycles. The molecular formula is C11H14N2O3S. The van der Waals surface area contributed by atoms with Crippen molar-refractivity contribution < 1.29 is 14.3 Å². The van der Waals surface area contributed by atoms with Gasteiger partial charge in [0, 0.05) is 25.5 Å². The van der Waals surface area contributed by atoms with E-state index in [0.717, 1.165) is 12.8 Å². The van der Waals surface area contributed by atoms with Crippen LogP contribution in [0, 0.1) is 5.92 Å². The fraction of sp³-hybridized carbons (Fsp3) is 0.545. The molecule has 1 aliphatic rings. The zero-order valence-electron chi connectivity index (χ0n) is 9.59. The van der Waals surface area contributed by atoms with Crippen LogP contribution in [0.5, 0.6) is 5.88 Å². The van der Waals surface area contributed by atoms with Crippen molar-refractivity contribution in [1.82, 2.24) is 9.97 Å². The molecule has 0 saturated carbocycles. The van der Waals surface area contributed by atoms with E-state index in [0.29, 0.717) is 24.3 Å². The van der Waals surface area contributed by atoms with Crippen LogP contribution in [0.15, 0.2) is 17.4 Å². The molecule has 1 saturated heterocycles. The van der Waals surface area contributed by atoms with Crippen molar-refractivity contribution in [2.24, 2.45) is 5.92 Å². The molecule has 0 bridgehead atoms. The van der Waals surface area contributed by atoms with Gasteiger partial charge in [0.2, 0.25) is 5.88 Å². The van der Waals surface area contributed by atoms with Gasteiger partial charge in [0.25, 0.3) is 0 Å². The van der Waals surface area contributed by atoms with Crippen LogP contribution in [0.2, 0.25) is 0 Å². The summed E-state index contributed by atoms with van der Waals surface area (Å²) in [5.74, 6) is 0.0244. The van der Waals surface area contributed by atoms with Crippen molar-refractivity contribution in [1.29, 1.82) is 0 Å². The van der Waals surface area contributed by atoms with Crippen molar-refractivity contribution >= 4 is 17.7 Å². The number of nitrogens with zero attached hydrogens (tertiary/aromatic N) is 2. The Hall–Kier alpha value is -1.14. The Bertz CT molecular complexity index is 394. The summed E-state index contributed by atoms with van der Waals surface area (Å²) >= 11 is 1.41. The van der Waals surface area contributed by atoms with E-state index in [1.54, 1.807) is 12.3 Å². The zero-order valence-corrected chi connectivity index (χ0v) is 10.4. The summed E-state index contributed by atoms with van der Waals surface area (Å²) in [4.78, 5) is 19.9. The first-order valence-corrected chi connectivity index (χ1v) is 6.68. The number of rotatable bonds is 3. The predicted molar refractivity (Wildman–Crippen MR) is 63.0 cm³/mol. The smallest absolute Gasteiger partial charge is 0.315 e. The van der Waals surface area contributed by atoms with E-state index < -0.39 is 0 Å². The third kappa shape index (κ3) is 3.41. The first kappa shape index (κ1) is 12.3. The minimum atomic E-state index is -0.223. The Kier molecular flexibility index (Phi) is 4.33. The summed E-state index contributed by atoms with van der Waals surface area (Å²) in [5.41, 5.74) is 0. The molecule has 2 rings (SSSR count). The van der Waals surface area contributed by atoms with E-state index in [4.69, 9.17) is 9.47 Å². The van der Waals surface area contributed by atoms with Crippen LogP contribution in [0.3, 0.4) is 0 Å². The molecule has 92 valence electrons. The zero-order chi connectivity index (χ0) is 12.1. The van der Waals surface area contributed by atoms with Crippen LogP contribution < -0.4 is 4.74 Å². The number of hydrogen-bond donors (Lipinski definition) is 0. The average Bonchev–Trinajstić information content (AvgIpc) is 2.40. The predicted octanol–water partition coefficient (Wildman–Crippen LogP) is 1.53. The van der Waals surface area contributed by atoms with Crippen molar-refractivity contribution in [3.05, 3.63) is 12.3 Å². The molecule has 6 heteroatoms. The van der Waals surface area contributed by atoms with Gasteiger partial charge >= 0.3 is 5.97 Å². The van der Waals surface area contributed by atoms with Crippen molar-refractivity contribution in [3.8, 4) is 5.88 Å². The highest BCUT2D eigenvalue weighted by atomic mass is 32.2. The maximum absolute atomic E-state index is 11.8. The molecule has 0 N–H and O–H groups in total. The Morgan fingerprint density at radius 2 is 2.29 bits per heavy atom. The second-order valence-electron chi connectivity index (χ2n) is 3.69. The van der Waals surface area contributed by atoms with Gasteiger partial charge in [-0.2, -0.15) is 4.98 Å². The third-order valence-electron chi connectivity index (χ3n) is 2.55. The average molecular weight is 254 g/mol. The molecule has 1 aromatic rings. The molecule has 0 amide bonds. The molecule has 0 aliphatic carbocycles. The minimum Gasteiger partial charge on any atom is -0.407 e. The number of carbonyl (C=O) groups excluding carboxylic acids is 1. The number of ether oxygens (including phenoxy) is 2. The van der Waals surface area contributed by atoms with Crippen LogP contribution in [0.1, 0.15) is 12.8 Å². The topological polar surface area (TPSA) is 61.3 Å². The highest BCUT2D eigenvalue weighted by Crippen LogP contribution is 2.19. The van der Waals surface area contributed by atoms with E-state index in [1.807, 2.05) is 6.26 Å². The number of esters is 1. The van der Waals surface area contributed by atoms with Crippen molar-refractivity contribution in [2.75, 3.05) is 19.5 Å². The first-order chi connectivity index (χ1) is 8.29. The Balaban J connectivity index is 1.96. The lowest BCUT2D eigenvalue weighted by atomic mass is 10.0. The quantitative estimate of drug-likeness (QED) is 0.463. The lowest BCUT2D eigenvalue weighted by Gasteiger charge is -2.19. The van der Waals surface area contributed by atoms with Gasteiger partial charge in [-0.15, -0.1) is 0 Å². The maximum Gasteiger partial charge on any atom is 0.315 e. The number of hydrogen-bond acceptors (Lipinski definition) is 6. The number of aromatic nitrogens is 2. The second kappa shape index (κ2) is 5.97. The van der Waals surface area contributed by atoms with Crippen molar-refractivity contribution in [2.45, 2.75) is 18.0 Å². The van der Waals surface area contributed by atoms with Crippen molar-refractivity contribution in [3.63, 3.8) is 0 Å². The van der Waals surface area contributed by atoms with Gasteiger partial charge in [-0.05, 0) is 19.1 Å². The molecule has 1 fully saturated rings.